The zero-order valence-electron chi connectivity index (χ0n) is 15.4. The second-order valence-corrected chi connectivity index (χ2v) is 8.52. The number of likely N-dealkylation sites (N-methyl/N-ethyl adjacent to an activating group) is 1. The van der Waals surface area contributed by atoms with Crippen LogP contribution in [0.25, 0.3) is 0 Å². The fraction of sp³-hybridized carbons (Fsp3) is 0.316. The maximum Gasteiger partial charge on any atom is 0.261 e. The van der Waals surface area contributed by atoms with Crippen LogP contribution in [0.3, 0.4) is 0 Å². The molecular formula is C19H24BrN3O3S. The topological polar surface area (TPSA) is 78.5 Å². The van der Waals surface area contributed by atoms with E-state index in [4.69, 9.17) is 0 Å². The van der Waals surface area contributed by atoms with Crippen LogP contribution < -0.4 is 10.0 Å². The normalized spacial score (nSPS) is 11.4. The van der Waals surface area contributed by atoms with Gasteiger partial charge >= 0.3 is 0 Å². The Morgan fingerprint density at radius 1 is 1.07 bits per heavy atom. The van der Waals surface area contributed by atoms with E-state index in [0.717, 1.165) is 24.1 Å². The van der Waals surface area contributed by atoms with Crippen LogP contribution in [0.5, 0.6) is 0 Å². The summed E-state index contributed by atoms with van der Waals surface area (Å²) in [6.45, 7) is 7.32. The lowest BCUT2D eigenvalue weighted by Gasteiger charge is -2.18. The number of nitrogens with zero attached hydrogens (tertiary/aromatic N) is 1. The molecule has 0 radical (unpaired) electrons. The number of sulfonamides is 1. The molecule has 0 aliphatic heterocycles. The van der Waals surface area contributed by atoms with Gasteiger partial charge in [-0.1, -0.05) is 35.8 Å². The van der Waals surface area contributed by atoms with Crippen LogP contribution in [-0.2, 0) is 10.0 Å². The van der Waals surface area contributed by atoms with Gasteiger partial charge in [-0.15, -0.1) is 0 Å². The van der Waals surface area contributed by atoms with E-state index >= 15 is 0 Å². The number of amides is 1. The number of carbonyl (C=O) groups excluding carboxylic acids is 1. The average Bonchev–Trinajstić information content (AvgIpc) is 2.65. The Balaban J connectivity index is 2.04. The van der Waals surface area contributed by atoms with Crippen LogP contribution in [0.1, 0.15) is 24.2 Å². The van der Waals surface area contributed by atoms with E-state index in [1.54, 1.807) is 30.3 Å². The molecule has 0 spiro atoms. The maximum absolute atomic E-state index is 12.5. The lowest BCUT2D eigenvalue weighted by atomic mass is 10.2. The zero-order valence-corrected chi connectivity index (χ0v) is 17.8. The highest BCUT2D eigenvalue weighted by atomic mass is 79.9. The van der Waals surface area contributed by atoms with E-state index in [2.05, 4.69) is 44.7 Å². The molecule has 0 saturated heterocycles. The standard InChI is InChI=1S/C19H24BrN3O3S/c1-3-23(4-2)13-12-21-19(24)15-6-5-7-17(14-15)22-27(25,26)18-10-8-16(20)9-11-18/h5-11,14,22H,3-4,12-13H2,1-2H3,(H,21,24). The Morgan fingerprint density at radius 3 is 2.37 bits per heavy atom. The van der Waals surface area contributed by atoms with Gasteiger partial charge in [-0.2, -0.15) is 0 Å². The van der Waals surface area contributed by atoms with E-state index in [1.807, 2.05) is 0 Å². The molecule has 2 N–H and O–H groups in total. The summed E-state index contributed by atoms with van der Waals surface area (Å²) in [5.41, 5.74) is 0.750. The first-order valence-corrected chi connectivity index (χ1v) is 11.0. The first kappa shape index (κ1) is 21.4. The van der Waals surface area contributed by atoms with Crippen molar-refractivity contribution in [3.05, 3.63) is 58.6 Å². The van der Waals surface area contributed by atoms with E-state index in [1.165, 1.54) is 18.2 Å². The average molecular weight is 454 g/mol. The Morgan fingerprint density at radius 2 is 1.74 bits per heavy atom. The zero-order chi connectivity index (χ0) is 19.9. The molecule has 0 heterocycles. The highest BCUT2D eigenvalue weighted by Gasteiger charge is 2.15. The van der Waals surface area contributed by atoms with Crippen molar-refractivity contribution in [2.45, 2.75) is 18.7 Å². The summed E-state index contributed by atoms with van der Waals surface area (Å²) in [6, 6.07) is 12.8. The number of hydrogen-bond donors (Lipinski definition) is 2. The van der Waals surface area contributed by atoms with Crippen molar-refractivity contribution < 1.29 is 13.2 Å². The van der Waals surface area contributed by atoms with E-state index in [-0.39, 0.29) is 10.8 Å². The quantitative estimate of drug-likeness (QED) is 0.610. The third kappa shape index (κ3) is 6.34. The molecule has 0 aliphatic rings. The molecule has 0 atom stereocenters. The van der Waals surface area contributed by atoms with Gasteiger partial charge in [0.15, 0.2) is 0 Å². The summed E-state index contributed by atoms with van der Waals surface area (Å²) in [5.74, 6) is -0.230. The number of halogens is 1. The van der Waals surface area contributed by atoms with Crippen LogP contribution in [0.2, 0.25) is 0 Å². The number of hydrogen-bond acceptors (Lipinski definition) is 4. The van der Waals surface area contributed by atoms with Crippen molar-refractivity contribution in [3.8, 4) is 0 Å². The number of rotatable bonds is 9. The summed E-state index contributed by atoms with van der Waals surface area (Å²) in [4.78, 5) is 14.7. The number of anilines is 1. The summed E-state index contributed by atoms with van der Waals surface area (Å²) in [7, 11) is -3.72. The predicted molar refractivity (Wildman–Crippen MR) is 112 cm³/mol. The fourth-order valence-electron chi connectivity index (χ4n) is 2.52. The second kappa shape index (κ2) is 9.87. The molecule has 2 aromatic carbocycles. The minimum Gasteiger partial charge on any atom is -0.351 e. The lowest BCUT2D eigenvalue weighted by Crippen LogP contribution is -2.34. The smallest absolute Gasteiger partial charge is 0.261 e. The largest absolute Gasteiger partial charge is 0.351 e. The van der Waals surface area contributed by atoms with Crippen molar-refractivity contribution in [2.24, 2.45) is 0 Å². The molecule has 146 valence electrons. The molecule has 0 bridgehead atoms. The summed E-state index contributed by atoms with van der Waals surface area (Å²) >= 11 is 3.28. The Hall–Kier alpha value is -1.90. The summed E-state index contributed by atoms with van der Waals surface area (Å²) in [5, 5.41) is 2.86. The van der Waals surface area contributed by atoms with E-state index < -0.39 is 10.0 Å². The van der Waals surface area contributed by atoms with Crippen LogP contribution in [-0.4, -0.2) is 45.4 Å². The molecule has 0 unspecified atom stereocenters. The van der Waals surface area contributed by atoms with Gasteiger partial charge in [-0.05, 0) is 55.6 Å². The molecular weight excluding hydrogens is 430 g/mol. The fourth-order valence-corrected chi connectivity index (χ4v) is 3.84. The Kier molecular flexibility index (Phi) is 7.82. The van der Waals surface area contributed by atoms with Crippen LogP contribution in [0.15, 0.2) is 57.9 Å². The summed E-state index contributed by atoms with van der Waals surface area (Å²) < 4.78 is 28.3. The van der Waals surface area contributed by atoms with Gasteiger partial charge < -0.3 is 10.2 Å². The minimum absolute atomic E-state index is 0.153. The Labute approximate surface area is 169 Å². The highest BCUT2D eigenvalue weighted by Crippen LogP contribution is 2.19. The third-order valence-corrected chi connectivity index (χ3v) is 6.03. The van der Waals surface area contributed by atoms with Gasteiger partial charge in [0.1, 0.15) is 0 Å². The maximum atomic E-state index is 12.5. The first-order valence-electron chi connectivity index (χ1n) is 8.74. The molecule has 6 nitrogen and oxygen atoms in total. The van der Waals surface area contributed by atoms with Gasteiger partial charge in [-0.3, -0.25) is 9.52 Å². The van der Waals surface area contributed by atoms with Gasteiger partial charge in [0, 0.05) is 28.8 Å². The van der Waals surface area contributed by atoms with E-state index in [0.29, 0.717) is 17.8 Å². The molecule has 0 fully saturated rings. The molecule has 0 saturated carbocycles. The van der Waals surface area contributed by atoms with Crippen molar-refractivity contribution in [1.82, 2.24) is 10.2 Å². The highest BCUT2D eigenvalue weighted by molar-refractivity contribution is 9.10. The molecule has 27 heavy (non-hydrogen) atoms. The van der Waals surface area contributed by atoms with Gasteiger partial charge in [0.25, 0.3) is 15.9 Å². The number of nitrogens with one attached hydrogen (secondary N) is 2. The lowest BCUT2D eigenvalue weighted by molar-refractivity contribution is 0.0949. The number of benzene rings is 2. The van der Waals surface area contributed by atoms with Crippen LogP contribution in [0.4, 0.5) is 5.69 Å². The van der Waals surface area contributed by atoms with Crippen molar-refractivity contribution in [1.29, 1.82) is 0 Å². The van der Waals surface area contributed by atoms with Crippen molar-refractivity contribution in [3.63, 3.8) is 0 Å². The SMILES string of the molecule is CCN(CC)CCNC(=O)c1cccc(NS(=O)(=O)c2ccc(Br)cc2)c1. The summed E-state index contributed by atoms with van der Waals surface area (Å²) in [6.07, 6.45) is 0. The molecule has 2 rings (SSSR count). The van der Waals surface area contributed by atoms with Crippen molar-refractivity contribution >= 4 is 37.5 Å². The monoisotopic (exact) mass is 453 g/mol. The Bertz CT molecular complexity index is 866. The number of carbonyl (C=O) groups is 1. The third-order valence-electron chi connectivity index (χ3n) is 4.11. The van der Waals surface area contributed by atoms with Gasteiger partial charge in [0.2, 0.25) is 0 Å². The van der Waals surface area contributed by atoms with Crippen molar-refractivity contribution in [2.75, 3.05) is 30.9 Å². The van der Waals surface area contributed by atoms with Gasteiger partial charge in [-0.25, -0.2) is 8.42 Å². The molecule has 1 amide bonds. The first-order chi connectivity index (χ1) is 12.9. The second-order valence-electron chi connectivity index (χ2n) is 5.92. The molecule has 8 heteroatoms. The van der Waals surface area contributed by atoms with Crippen LogP contribution >= 0.6 is 15.9 Å². The molecule has 0 aliphatic carbocycles. The minimum atomic E-state index is -3.72. The molecule has 0 aromatic heterocycles. The van der Waals surface area contributed by atoms with Crippen LogP contribution in [0, 0.1) is 0 Å². The molecule has 2 aromatic rings. The van der Waals surface area contributed by atoms with Gasteiger partial charge in [0.05, 0.1) is 4.90 Å². The van der Waals surface area contributed by atoms with E-state index in [9.17, 15) is 13.2 Å². The predicted octanol–water partition coefficient (Wildman–Crippen LogP) is 3.32.